The van der Waals surface area contributed by atoms with Crippen molar-refractivity contribution in [2.75, 3.05) is 20.1 Å². The van der Waals surface area contributed by atoms with E-state index in [1.807, 2.05) is 18.0 Å². The summed E-state index contributed by atoms with van der Waals surface area (Å²) in [6.45, 7) is 3.38. The van der Waals surface area contributed by atoms with Crippen LogP contribution >= 0.6 is 0 Å². The summed E-state index contributed by atoms with van der Waals surface area (Å²) in [7, 11) is 1.89. The third-order valence-corrected chi connectivity index (χ3v) is 3.70. The molecule has 1 atom stereocenters. The Morgan fingerprint density at radius 3 is 2.55 bits per heavy atom. The van der Waals surface area contributed by atoms with Gasteiger partial charge in [-0.15, -0.1) is 0 Å². The molecule has 1 aromatic rings. The van der Waals surface area contributed by atoms with Gasteiger partial charge >= 0.3 is 0 Å². The van der Waals surface area contributed by atoms with Crippen LogP contribution in [0.5, 0.6) is 0 Å². The average molecular weight is 276 g/mol. The molecular weight excluding hydrogens is 248 g/mol. The summed E-state index contributed by atoms with van der Waals surface area (Å²) in [6, 6.07) is 10.5. The van der Waals surface area contributed by atoms with E-state index in [9.17, 15) is 4.79 Å². The molecule has 0 aromatic heterocycles. The minimum Gasteiger partial charge on any atom is -0.345 e. The van der Waals surface area contributed by atoms with Crippen LogP contribution in [0.15, 0.2) is 30.3 Å². The molecule has 0 aliphatic heterocycles. The van der Waals surface area contributed by atoms with Gasteiger partial charge in [0, 0.05) is 20.1 Å². The van der Waals surface area contributed by atoms with Crippen molar-refractivity contribution in [3.8, 4) is 0 Å². The summed E-state index contributed by atoms with van der Waals surface area (Å²) < 4.78 is 0. The minimum atomic E-state index is -0.000812. The maximum Gasteiger partial charge on any atom is 0.226 e. The van der Waals surface area contributed by atoms with Crippen LogP contribution in [-0.4, -0.2) is 30.9 Å². The Morgan fingerprint density at radius 1 is 1.25 bits per heavy atom. The number of aryl methyl sites for hydroxylation is 1. The Hall–Kier alpha value is -1.35. The van der Waals surface area contributed by atoms with Crippen molar-refractivity contribution in [3.05, 3.63) is 35.9 Å². The average Bonchev–Trinajstić information content (AvgIpc) is 2.49. The molecule has 112 valence electrons. The summed E-state index contributed by atoms with van der Waals surface area (Å²) in [6.07, 6.45) is 5.14. The highest BCUT2D eigenvalue weighted by Gasteiger charge is 2.19. The lowest BCUT2D eigenvalue weighted by Gasteiger charge is -2.22. The van der Waals surface area contributed by atoms with Gasteiger partial charge in [-0.25, -0.2) is 0 Å². The number of amides is 1. The number of benzene rings is 1. The molecule has 0 spiro atoms. The van der Waals surface area contributed by atoms with Crippen LogP contribution in [0.3, 0.4) is 0 Å². The monoisotopic (exact) mass is 276 g/mol. The fraction of sp³-hybridized carbons (Fsp3) is 0.588. The van der Waals surface area contributed by atoms with E-state index in [4.69, 9.17) is 5.73 Å². The van der Waals surface area contributed by atoms with Crippen molar-refractivity contribution in [3.63, 3.8) is 0 Å². The molecule has 0 fully saturated rings. The standard InChI is InChI=1S/C17H28N2O/c1-3-9-16(14-18)17(20)19(2)13-8-7-12-15-10-5-4-6-11-15/h4-6,10-11,16H,3,7-9,12-14,18H2,1-2H3. The second kappa shape index (κ2) is 9.54. The zero-order chi connectivity index (χ0) is 14.8. The van der Waals surface area contributed by atoms with Gasteiger partial charge in [0.25, 0.3) is 0 Å². The lowest BCUT2D eigenvalue weighted by molar-refractivity contribution is -0.134. The van der Waals surface area contributed by atoms with Gasteiger partial charge in [-0.1, -0.05) is 43.7 Å². The zero-order valence-corrected chi connectivity index (χ0v) is 12.8. The Balaban J connectivity index is 2.25. The normalized spacial score (nSPS) is 12.2. The predicted octanol–water partition coefficient (Wildman–Crippen LogP) is 2.84. The van der Waals surface area contributed by atoms with E-state index >= 15 is 0 Å². The first-order chi connectivity index (χ1) is 9.69. The van der Waals surface area contributed by atoms with Crippen LogP contribution in [0.1, 0.15) is 38.2 Å². The smallest absolute Gasteiger partial charge is 0.226 e. The van der Waals surface area contributed by atoms with Gasteiger partial charge in [0.05, 0.1) is 5.92 Å². The van der Waals surface area contributed by atoms with Gasteiger partial charge in [-0.05, 0) is 31.2 Å². The van der Waals surface area contributed by atoms with Crippen molar-refractivity contribution < 1.29 is 4.79 Å². The third-order valence-electron chi connectivity index (χ3n) is 3.70. The maximum absolute atomic E-state index is 12.2. The molecule has 0 saturated heterocycles. The zero-order valence-electron chi connectivity index (χ0n) is 12.8. The number of unbranched alkanes of at least 4 members (excludes halogenated alkanes) is 1. The van der Waals surface area contributed by atoms with Gasteiger partial charge < -0.3 is 10.6 Å². The van der Waals surface area contributed by atoms with E-state index in [2.05, 4.69) is 31.2 Å². The van der Waals surface area contributed by atoms with Crippen molar-refractivity contribution in [2.24, 2.45) is 11.7 Å². The fourth-order valence-corrected chi connectivity index (χ4v) is 2.44. The van der Waals surface area contributed by atoms with Crippen molar-refractivity contribution in [1.29, 1.82) is 0 Å². The first kappa shape index (κ1) is 16.7. The van der Waals surface area contributed by atoms with Crippen LogP contribution in [-0.2, 0) is 11.2 Å². The molecule has 0 radical (unpaired) electrons. The molecule has 0 heterocycles. The first-order valence-corrected chi connectivity index (χ1v) is 7.68. The lowest BCUT2D eigenvalue weighted by atomic mass is 10.0. The van der Waals surface area contributed by atoms with Gasteiger partial charge in [0.15, 0.2) is 0 Å². The fourth-order valence-electron chi connectivity index (χ4n) is 2.44. The largest absolute Gasteiger partial charge is 0.345 e. The van der Waals surface area contributed by atoms with E-state index in [1.165, 1.54) is 5.56 Å². The summed E-state index contributed by atoms with van der Waals surface area (Å²) in [4.78, 5) is 14.0. The number of carbonyl (C=O) groups is 1. The number of hydrogen-bond acceptors (Lipinski definition) is 2. The Kier molecular flexibility index (Phi) is 7.97. The summed E-state index contributed by atoms with van der Waals surface area (Å²) in [5.74, 6) is 0.202. The Bertz CT molecular complexity index is 378. The van der Waals surface area contributed by atoms with E-state index < -0.39 is 0 Å². The maximum atomic E-state index is 12.2. The van der Waals surface area contributed by atoms with Crippen LogP contribution in [0, 0.1) is 5.92 Å². The summed E-state index contributed by atoms with van der Waals surface area (Å²) >= 11 is 0. The highest BCUT2D eigenvalue weighted by Crippen LogP contribution is 2.10. The van der Waals surface area contributed by atoms with E-state index in [1.54, 1.807) is 0 Å². The molecular formula is C17H28N2O. The van der Waals surface area contributed by atoms with Gasteiger partial charge in [-0.2, -0.15) is 0 Å². The van der Waals surface area contributed by atoms with Gasteiger partial charge in [0.1, 0.15) is 0 Å². The molecule has 3 heteroatoms. The highest BCUT2D eigenvalue weighted by molar-refractivity contribution is 5.78. The molecule has 1 unspecified atom stereocenters. The predicted molar refractivity (Wildman–Crippen MR) is 84.5 cm³/mol. The molecule has 2 N–H and O–H groups in total. The first-order valence-electron chi connectivity index (χ1n) is 7.68. The topological polar surface area (TPSA) is 46.3 Å². The van der Waals surface area contributed by atoms with E-state index in [0.29, 0.717) is 6.54 Å². The van der Waals surface area contributed by atoms with Gasteiger partial charge in [-0.3, -0.25) is 4.79 Å². The Morgan fingerprint density at radius 2 is 1.95 bits per heavy atom. The quantitative estimate of drug-likeness (QED) is 0.705. The second-order valence-electron chi connectivity index (χ2n) is 5.42. The van der Waals surface area contributed by atoms with Crippen LogP contribution in [0.2, 0.25) is 0 Å². The number of carbonyl (C=O) groups excluding carboxylic acids is 1. The molecule has 20 heavy (non-hydrogen) atoms. The molecule has 0 saturated carbocycles. The SMILES string of the molecule is CCCC(CN)C(=O)N(C)CCCCc1ccccc1. The summed E-state index contributed by atoms with van der Waals surface area (Å²) in [5, 5.41) is 0. The van der Waals surface area contributed by atoms with Gasteiger partial charge in [0.2, 0.25) is 5.91 Å². The molecule has 1 rings (SSSR count). The van der Waals surface area contributed by atoms with Crippen LogP contribution in [0.25, 0.3) is 0 Å². The highest BCUT2D eigenvalue weighted by atomic mass is 16.2. The molecule has 0 aliphatic carbocycles. The van der Waals surface area contributed by atoms with Crippen LogP contribution < -0.4 is 5.73 Å². The molecule has 0 bridgehead atoms. The number of nitrogens with two attached hydrogens (primary N) is 1. The molecule has 3 nitrogen and oxygen atoms in total. The molecule has 0 aliphatic rings. The number of hydrogen-bond donors (Lipinski definition) is 1. The minimum absolute atomic E-state index is 0.000812. The Labute approximate surface area is 123 Å². The van der Waals surface area contributed by atoms with Crippen molar-refractivity contribution in [1.82, 2.24) is 4.90 Å². The van der Waals surface area contributed by atoms with E-state index in [-0.39, 0.29) is 11.8 Å². The number of rotatable bonds is 9. The molecule has 1 aromatic carbocycles. The number of nitrogens with zero attached hydrogens (tertiary/aromatic N) is 1. The van der Waals surface area contributed by atoms with Crippen LogP contribution in [0.4, 0.5) is 0 Å². The van der Waals surface area contributed by atoms with E-state index in [0.717, 1.165) is 38.6 Å². The third kappa shape index (κ3) is 5.74. The van der Waals surface area contributed by atoms with Crippen molar-refractivity contribution in [2.45, 2.75) is 39.0 Å². The second-order valence-corrected chi connectivity index (χ2v) is 5.42. The van der Waals surface area contributed by atoms with Crippen molar-refractivity contribution >= 4 is 5.91 Å². The lowest BCUT2D eigenvalue weighted by Crippen LogP contribution is -2.37. The summed E-state index contributed by atoms with van der Waals surface area (Å²) in [5.41, 5.74) is 7.05. The molecule has 1 amide bonds.